The quantitative estimate of drug-likeness (QED) is 0.818. The molecule has 0 radical (unpaired) electrons. The second kappa shape index (κ2) is 5.45. The number of pyridine rings is 1. The van der Waals surface area contributed by atoms with Crippen LogP contribution in [-0.2, 0) is 6.54 Å². The summed E-state index contributed by atoms with van der Waals surface area (Å²) in [7, 11) is 0. The lowest BCUT2D eigenvalue weighted by atomic mass is 9.88. The molecule has 0 aliphatic carbocycles. The normalized spacial score (nSPS) is 11.5. The molecule has 0 fully saturated rings. The summed E-state index contributed by atoms with van der Waals surface area (Å²) in [6, 6.07) is 3.73. The van der Waals surface area contributed by atoms with Gasteiger partial charge in [0.2, 0.25) is 0 Å². The number of nitrogens with two attached hydrogens (primary N) is 1. The summed E-state index contributed by atoms with van der Waals surface area (Å²) in [6.07, 6.45) is 3.61. The summed E-state index contributed by atoms with van der Waals surface area (Å²) >= 11 is 5.02. The van der Waals surface area contributed by atoms with Crippen LogP contribution in [0.15, 0.2) is 23.1 Å². The smallest absolute Gasteiger partial charge is 0.253 e. The predicted molar refractivity (Wildman–Crippen MR) is 75.2 cm³/mol. The Morgan fingerprint density at radius 1 is 1.53 bits per heavy atom. The molecule has 0 amide bonds. The van der Waals surface area contributed by atoms with Crippen LogP contribution in [0.2, 0.25) is 0 Å². The van der Waals surface area contributed by atoms with E-state index < -0.39 is 0 Å². The standard InChI is InChI=1S/C13H20N2OS/c1-10-6-4-8-15(11(10)16)9-5-7-13(2,3)12(14)17/h4,6,8H,5,7,9H2,1-3H3,(H2,14,17). The molecule has 1 rings (SSSR count). The number of hydrogen-bond donors (Lipinski definition) is 1. The second-order valence-corrected chi connectivity index (χ2v) is 5.48. The van der Waals surface area contributed by atoms with Crippen molar-refractivity contribution in [3.63, 3.8) is 0 Å². The highest BCUT2D eigenvalue weighted by Crippen LogP contribution is 2.22. The first kappa shape index (κ1) is 13.9. The molecule has 0 unspecified atom stereocenters. The Morgan fingerprint density at radius 2 is 2.18 bits per heavy atom. The molecule has 0 spiro atoms. The Balaban J connectivity index is 2.61. The van der Waals surface area contributed by atoms with E-state index in [1.165, 1.54) is 0 Å². The van der Waals surface area contributed by atoms with Crippen LogP contribution in [0, 0.1) is 12.3 Å². The van der Waals surface area contributed by atoms with Gasteiger partial charge in [-0.05, 0) is 25.8 Å². The summed E-state index contributed by atoms with van der Waals surface area (Å²) < 4.78 is 1.74. The number of nitrogens with zero attached hydrogens (tertiary/aromatic N) is 1. The molecular formula is C13H20N2OS. The van der Waals surface area contributed by atoms with Crippen LogP contribution in [0.3, 0.4) is 0 Å². The zero-order valence-electron chi connectivity index (χ0n) is 10.7. The van der Waals surface area contributed by atoms with Crippen LogP contribution < -0.4 is 11.3 Å². The van der Waals surface area contributed by atoms with E-state index in [2.05, 4.69) is 0 Å². The minimum absolute atomic E-state index is 0.0839. The number of rotatable bonds is 5. The van der Waals surface area contributed by atoms with Gasteiger partial charge in [-0.1, -0.05) is 32.1 Å². The van der Waals surface area contributed by atoms with Crippen molar-refractivity contribution in [2.45, 2.75) is 40.2 Å². The number of aromatic nitrogens is 1. The summed E-state index contributed by atoms with van der Waals surface area (Å²) in [5.41, 5.74) is 6.39. The third-order valence-electron chi connectivity index (χ3n) is 3.08. The Kier molecular flexibility index (Phi) is 4.46. The third-order valence-corrected chi connectivity index (χ3v) is 3.63. The fourth-order valence-corrected chi connectivity index (χ4v) is 1.75. The fourth-order valence-electron chi connectivity index (χ4n) is 1.65. The maximum absolute atomic E-state index is 11.8. The minimum atomic E-state index is -0.136. The average molecular weight is 252 g/mol. The third kappa shape index (κ3) is 3.66. The molecule has 1 aromatic rings. The summed E-state index contributed by atoms with van der Waals surface area (Å²) in [4.78, 5) is 12.3. The van der Waals surface area contributed by atoms with E-state index >= 15 is 0 Å². The van der Waals surface area contributed by atoms with Gasteiger partial charge in [-0.3, -0.25) is 4.79 Å². The van der Waals surface area contributed by atoms with Crippen LogP contribution >= 0.6 is 12.2 Å². The molecule has 0 aromatic carbocycles. The van der Waals surface area contributed by atoms with Crippen molar-refractivity contribution in [3.8, 4) is 0 Å². The van der Waals surface area contributed by atoms with Crippen molar-refractivity contribution in [1.82, 2.24) is 4.57 Å². The van der Waals surface area contributed by atoms with Crippen molar-refractivity contribution in [2.75, 3.05) is 0 Å². The molecule has 1 heterocycles. The van der Waals surface area contributed by atoms with E-state index in [-0.39, 0.29) is 11.0 Å². The first-order chi connectivity index (χ1) is 7.84. The summed E-state index contributed by atoms with van der Waals surface area (Å²) in [6.45, 7) is 6.62. The van der Waals surface area contributed by atoms with Crippen molar-refractivity contribution >= 4 is 17.2 Å². The van der Waals surface area contributed by atoms with Crippen LogP contribution in [0.1, 0.15) is 32.3 Å². The van der Waals surface area contributed by atoms with Gasteiger partial charge in [0.25, 0.3) is 5.56 Å². The van der Waals surface area contributed by atoms with Crippen LogP contribution in [0.4, 0.5) is 0 Å². The van der Waals surface area contributed by atoms with Crippen LogP contribution in [-0.4, -0.2) is 9.56 Å². The van der Waals surface area contributed by atoms with E-state index in [0.29, 0.717) is 11.5 Å². The first-order valence-electron chi connectivity index (χ1n) is 5.80. The average Bonchev–Trinajstić information content (AvgIpc) is 2.24. The number of thiocarbonyl (C=S) groups is 1. The molecule has 0 aliphatic rings. The molecule has 1 aromatic heterocycles. The van der Waals surface area contributed by atoms with Gasteiger partial charge in [-0.25, -0.2) is 0 Å². The molecule has 4 heteroatoms. The number of aryl methyl sites for hydroxylation is 2. The molecule has 3 nitrogen and oxygen atoms in total. The fraction of sp³-hybridized carbons (Fsp3) is 0.538. The Morgan fingerprint density at radius 3 is 2.76 bits per heavy atom. The van der Waals surface area contributed by atoms with Crippen molar-refractivity contribution in [3.05, 3.63) is 34.2 Å². The Bertz CT molecular complexity index is 463. The summed E-state index contributed by atoms with van der Waals surface area (Å²) in [5, 5.41) is 0. The molecule has 0 aliphatic heterocycles. The lowest BCUT2D eigenvalue weighted by Crippen LogP contribution is -2.30. The van der Waals surface area contributed by atoms with Crippen molar-refractivity contribution in [1.29, 1.82) is 0 Å². The number of hydrogen-bond acceptors (Lipinski definition) is 2. The predicted octanol–water partition coefficient (Wildman–Crippen LogP) is 2.25. The molecule has 0 atom stereocenters. The van der Waals surface area contributed by atoms with Gasteiger partial charge in [-0.2, -0.15) is 0 Å². The lowest BCUT2D eigenvalue weighted by molar-refractivity contribution is 0.433. The highest BCUT2D eigenvalue weighted by molar-refractivity contribution is 7.80. The van der Waals surface area contributed by atoms with Crippen molar-refractivity contribution in [2.24, 2.45) is 11.1 Å². The zero-order chi connectivity index (χ0) is 13.1. The van der Waals surface area contributed by atoms with Gasteiger partial charge >= 0.3 is 0 Å². The maximum Gasteiger partial charge on any atom is 0.253 e. The Hall–Kier alpha value is -1.16. The van der Waals surface area contributed by atoms with Gasteiger partial charge in [0.1, 0.15) is 0 Å². The first-order valence-corrected chi connectivity index (χ1v) is 6.21. The van der Waals surface area contributed by atoms with Gasteiger partial charge in [-0.15, -0.1) is 0 Å². The SMILES string of the molecule is Cc1cccn(CCCC(C)(C)C(N)=S)c1=O. The minimum Gasteiger partial charge on any atom is -0.393 e. The zero-order valence-corrected chi connectivity index (χ0v) is 11.5. The largest absolute Gasteiger partial charge is 0.393 e. The lowest BCUT2D eigenvalue weighted by Gasteiger charge is -2.22. The molecule has 0 saturated heterocycles. The molecule has 0 saturated carbocycles. The second-order valence-electron chi connectivity index (χ2n) is 5.04. The van der Waals surface area contributed by atoms with Crippen molar-refractivity contribution < 1.29 is 0 Å². The van der Waals surface area contributed by atoms with E-state index in [4.69, 9.17) is 18.0 Å². The molecule has 0 bridgehead atoms. The maximum atomic E-state index is 11.8. The highest BCUT2D eigenvalue weighted by atomic mass is 32.1. The summed E-state index contributed by atoms with van der Waals surface area (Å²) in [5.74, 6) is 0. The van der Waals surface area contributed by atoms with Crippen LogP contribution in [0.5, 0.6) is 0 Å². The molecule has 2 N–H and O–H groups in total. The topological polar surface area (TPSA) is 48.0 Å². The highest BCUT2D eigenvalue weighted by Gasteiger charge is 2.20. The van der Waals surface area contributed by atoms with E-state index in [0.717, 1.165) is 18.4 Å². The van der Waals surface area contributed by atoms with Gasteiger partial charge in [0, 0.05) is 23.7 Å². The molecule has 94 valence electrons. The van der Waals surface area contributed by atoms with Crippen LogP contribution in [0.25, 0.3) is 0 Å². The van der Waals surface area contributed by atoms with Gasteiger partial charge in [0.15, 0.2) is 0 Å². The Labute approximate surface area is 108 Å². The molecule has 17 heavy (non-hydrogen) atoms. The van der Waals surface area contributed by atoms with Gasteiger partial charge in [0.05, 0.1) is 4.99 Å². The van der Waals surface area contributed by atoms with Gasteiger partial charge < -0.3 is 10.3 Å². The van der Waals surface area contributed by atoms with E-state index in [1.54, 1.807) is 4.57 Å². The monoisotopic (exact) mass is 252 g/mol. The van der Waals surface area contributed by atoms with E-state index in [1.807, 2.05) is 39.1 Å². The molecular weight excluding hydrogens is 232 g/mol. The van der Waals surface area contributed by atoms with E-state index in [9.17, 15) is 4.79 Å².